The predicted molar refractivity (Wildman–Crippen MR) is 107 cm³/mol. The highest BCUT2D eigenvalue weighted by Crippen LogP contribution is 2.36. The Morgan fingerprint density at radius 1 is 0.966 bits per heavy atom. The molecule has 2 saturated heterocycles. The summed E-state index contributed by atoms with van der Waals surface area (Å²) >= 11 is 0. The van der Waals surface area contributed by atoms with E-state index in [9.17, 15) is 0 Å². The van der Waals surface area contributed by atoms with Gasteiger partial charge in [0.1, 0.15) is 18.3 Å². The van der Waals surface area contributed by atoms with Crippen LogP contribution in [0.3, 0.4) is 0 Å². The average molecular weight is 395 g/mol. The molecule has 2 heterocycles. The van der Waals surface area contributed by atoms with Gasteiger partial charge in [-0.3, -0.25) is 0 Å². The maximum atomic E-state index is 8.56. The predicted octanol–water partition coefficient (Wildman–Crippen LogP) is 4.02. The topological polar surface area (TPSA) is 85.7 Å². The first-order valence-electron chi connectivity index (χ1n) is 9.92. The van der Waals surface area contributed by atoms with Gasteiger partial charge < -0.3 is 18.9 Å². The third-order valence-corrected chi connectivity index (χ3v) is 5.28. The second-order valence-corrected chi connectivity index (χ2v) is 7.35. The number of ether oxygens (including phenoxy) is 4. The zero-order chi connectivity index (χ0) is 19.9. The molecule has 2 aliphatic rings. The van der Waals surface area contributed by atoms with Crippen LogP contribution in [0.5, 0.6) is 0 Å². The monoisotopic (exact) mass is 395 g/mol. The highest BCUT2D eigenvalue weighted by atomic mass is 16.6. The van der Waals surface area contributed by atoms with E-state index in [-0.39, 0.29) is 30.5 Å². The van der Waals surface area contributed by atoms with Crippen LogP contribution in [0.2, 0.25) is 0 Å². The molecule has 0 spiro atoms. The van der Waals surface area contributed by atoms with Crippen molar-refractivity contribution in [3.05, 3.63) is 82.2 Å². The van der Waals surface area contributed by atoms with E-state index in [2.05, 4.69) is 10.0 Å². The van der Waals surface area contributed by atoms with Crippen molar-refractivity contribution in [1.29, 1.82) is 0 Å². The lowest BCUT2D eigenvalue weighted by Gasteiger charge is -2.24. The van der Waals surface area contributed by atoms with Gasteiger partial charge in [0.2, 0.25) is 0 Å². The number of fused-ring (bicyclic) bond motifs is 1. The van der Waals surface area contributed by atoms with Crippen LogP contribution in [0, 0.1) is 0 Å². The van der Waals surface area contributed by atoms with Gasteiger partial charge in [0.15, 0.2) is 0 Å². The Morgan fingerprint density at radius 3 is 2.34 bits per heavy atom. The minimum atomic E-state index is -0.230. The summed E-state index contributed by atoms with van der Waals surface area (Å²) in [6.07, 6.45) is -0.105. The lowest BCUT2D eigenvalue weighted by molar-refractivity contribution is -0.100. The van der Waals surface area contributed by atoms with Gasteiger partial charge in [-0.25, -0.2) is 0 Å². The molecule has 5 atom stereocenters. The molecule has 7 nitrogen and oxygen atoms in total. The molecule has 0 N–H and O–H groups in total. The smallest absolute Gasteiger partial charge is 0.115 e. The second-order valence-electron chi connectivity index (χ2n) is 7.35. The third-order valence-electron chi connectivity index (χ3n) is 5.28. The van der Waals surface area contributed by atoms with Crippen LogP contribution >= 0.6 is 0 Å². The van der Waals surface area contributed by atoms with E-state index >= 15 is 0 Å². The fourth-order valence-electron chi connectivity index (χ4n) is 3.91. The van der Waals surface area contributed by atoms with E-state index in [1.165, 1.54) is 0 Å². The molecule has 0 radical (unpaired) electrons. The zero-order valence-electron chi connectivity index (χ0n) is 16.2. The molecule has 2 aliphatic heterocycles. The van der Waals surface area contributed by atoms with E-state index in [0.29, 0.717) is 32.8 Å². The molecule has 2 fully saturated rings. The number of rotatable bonds is 9. The molecule has 0 saturated carbocycles. The van der Waals surface area contributed by atoms with Crippen molar-refractivity contribution in [2.45, 2.75) is 50.2 Å². The second kappa shape index (κ2) is 9.87. The Bertz CT molecular complexity index is 813. The van der Waals surface area contributed by atoms with Crippen LogP contribution < -0.4 is 0 Å². The maximum absolute atomic E-state index is 8.56. The first-order chi connectivity index (χ1) is 14.3. The molecule has 4 rings (SSSR count). The number of hydrogen-bond acceptors (Lipinski definition) is 5. The number of azide groups is 1. The Labute approximate surface area is 170 Å². The van der Waals surface area contributed by atoms with Crippen molar-refractivity contribution in [1.82, 2.24) is 0 Å². The first kappa shape index (κ1) is 19.9. The summed E-state index contributed by atoms with van der Waals surface area (Å²) in [6, 6.07) is 20.1. The van der Waals surface area contributed by atoms with Crippen LogP contribution in [-0.2, 0) is 32.2 Å². The van der Waals surface area contributed by atoms with Gasteiger partial charge in [-0.1, -0.05) is 65.8 Å². The molecule has 2 aromatic rings. The lowest BCUT2D eigenvalue weighted by atomic mass is 10.1. The molecule has 0 bridgehead atoms. The summed E-state index contributed by atoms with van der Waals surface area (Å²) in [5.41, 5.74) is 10.8. The van der Waals surface area contributed by atoms with Gasteiger partial charge in [-0.15, -0.1) is 0 Å². The molecule has 0 aliphatic carbocycles. The first-order valence-corrected chi connectivity index (χ1v) is 9.92. The molecule has 0 amide bonds. The van der Waals surface area contributed by atoms with Crippen LogP contribution in [0.25, 0.3) is 10.4 Å². The normalized spacial score (nSPS) is 28.1. The summed E-state index contributed by atoms with van der Waals surface area (Å²) in [4.78, 5) is 2.83. The van der Waals surface area contributed by atoms with Gasteiger partial charge in [0, 0.05) is 11.3 Å². The van der Waals surface area contributed by atoms with Crippen LogP contribution in [0.1, 0.15) is 17.5 Å². The summed E-state index contributed by atoms with van der Waals surface area (Å²) in [5, 5.41) is 3.64. The standard InChI is InChI=1S/C22H25N3O4/c23-25-24-12-18-11-19-22(28-18)21(27-14-17-9-5-2-6-10-17)20(29-19)15-26-13-16-7-3-1-4-8-16/h1-10,18-22H,11-15H2/t18-,19+,20-,21-,22-/m1/s1. The maximum Gasteiger partial charge on any atom is 0.115 e. The Hall–Kier alpha value is -2.41. The van der Waals surface area contributed by atoms with Gasteiger partial charge in [0.25, 0.3) is 0 Å². The molecule has 29 heavy (non-hydrogen) atoms. The molecular formula is C22H25N3O4. The largest absolute Gasteiger partial charge is 0.374 e. The lowest BCUT2D eigenvalue weighted by Crippen LogP contribution is -2.37. The van der Waals surface area contributed by atoms with Crippen molar-refractivity contribution in [2.75, 3.05) is 13.2 Å². The molecule has 0 aromatic heterocycles. The number of benzene rings is 2. The summed E-state index contributed by atoms with van der Waals surface area (Å²) in [6.45, 7) is 1.76. The minimum Gasteiger partial charge on any atom is -0.374 e. The van der Waals surface area contributed by atoms with Crippen molar-refractivity contribution in [3.8, 4) is 0 Å². The molecule has 0 unspecified atom stereocenters. The van der Waals surface area contributed by atoms with Crippen LogP contribution in [0.15, 0.2) is 65.8 Å². The summed E-state index contributed by atoms with van der Waals surface area (Å²) in [7, 11) is 0. The SMILES string of the molecule is [N-]=[N+]=NC[C@H]1C[C@@H]2O[C@H](COCc3ccccc3)[C@@H](OCc3ccccc3)[C@@H]2O1. The Balaban J connectivity index is 1.37. The summed E-state index contributed by atoms with van der Waals surface area (Å²) < 4.78 is 24.5. The molecular weight excluding hydrogens is 370 g/mol. The van der Waals surface area contributed by atoms with E-state index in [1.54, 1.807) is 0 Å². The van der Waals surface area contributed by atoms with Crippen molar-refractivity contribution in [2.24, 2.45) is 5.11 Å². The van der Waals surface area contributed by atoms with Crippen molar-refractivity contribution < 1.29 is 18.9 Å². The van der Waals surface area contributed by atoms with Crippen LogP contribution in [-0.4, -0.2) is 43.7 Å². The minimum absolute atomic E-state index is 0.0695. The Morgan fingerprint density at radius 2 is 1.66 bits per heavy atom. The third kappa shape index (κ3) is 5.15. The Kier molecular flexibility index (Phi) is 6.77. The average Bonchev–Trinajstić information content (AvgIpc) is 3.29. The molecule has 2 aromatic carbocycles. The quantitative estimate of drug-likeness (QED) is 0.364. The zero-order valence-corrected chi connectivity index (χ0v) is 16.2. The molecule has 7 heteroatoms. The van der Waals surface area contributed by atoms with Gasteiger partial charge in [0.05, 0.1) is 38.6 Å². The fraction of sp³-hybridized carbons (Fsp3) is 0.455. The van der Waals surface area contributed by atoms with Gasteiger partial charge in [-0.05, 0) is 16.7 Å². The van der Waals surface area contributed by atoms with E-state index in [0.717, 1.165) is 11.1 Å². The molecule has 152 valence electrons. The van der Waals surface area contributed by atoms with Gasteiger partial charge in [-0.2, -0.15) is 0 Å². The highest BCUT2D eigenvalue weighted by Gasteiger charge is 2.51. The van der Waals surface area contributed by atoms with Crippen molar-refractivity contribution >= 4 is 0 Å². The van der Waals surface area contributed by atoms with E-state index < -0.39 is 0 Å². The van der Waals surface area contributed by atoms with Crippen molar-refractivity contribution in [3.63, 3.8) is 0 Å². The van der Waals surface area contributed by atoms with E-state index in [1.807, 2.05) is 60.7 Å². The van der Waals surface area contributed by atoms with Crippen LogP contribution in [0.4, 0.5) is 0 Å². The fourth-order valence-corrected chi connectivity index (χ4v) is 3.91. The van der Waals surface area contributed by atoms with E-state index in [4.69, 9.17) is 24.5 Å². The number of hydrogen-bond donors (Lipinski definition) is 0. The summed E-state index contributed by atoms with van der Waals surface area (Å²) in [5.74, 6) is 0. The van der Waals surface area contributed by atoms with Gasteiger partial charge >= 0.3 is 0 Å². The highest BCUT2D eigenvalue weighted by molar-refractivity contribution is 5.14. The number of nitrogens with zero attached hydrogens (tertiary/aromatic N) is 3.